The topological polar surface area (TPSA) is 85.6 Å². The van der Waals surface area contributed by atoms with Gasteiger partial charge in [-0.25, -0.2) is 9.97 Å². The second-order valence-corrected chi connectivity index (χ2v) is 5.51. The second kappa shape index (κ2) is 6.57. The number of carbonyl (C=O) groups is 1. The summed E-state index contributed by atoms with van der Waals surface area (Å²) in [6.45, 7) is 3.82. The smallest absolute Gasteiger partial charge is 0.270 e. The van der Waals surface area contributed by atoms with E-state index in [-0.39, 0.29) is 11.9 Å². The van der Waals surface area contributed by atoms with E-state index in [2.05, 4.69) is 25.4 Å². The average molecular weight is 322 g/mol. The van der Waals surface area contributed by atoms with Crippen LogP contribution < -0.4 is 5.32 Å². The molecule has 7 nitrogen and oxygen atoms in total. The Labute approximate surface area is 139 Å². The Balaban J connectivity index is 1.79. The molecule has 1 atom stereocenters. The molecule has 0 bridgehead atoms. The highest BCUT2D eigenvalue weighted by Crippen LogP contribution is 2.19. The summed E-state index contributed by atoms with van der Waals surface area (Å²) in [5.41, 5.74) is 3.12. The predicted octanol–water partition coefficient (Wildman–Crippen LogP) is 2.07. The van der Waals surface area contributed by atoms with Crippen molar-refractivity contribution in [1.29, 1.82) is 0 Å². The van der Waals surface area contributed by atoms with Crippen LogP contribution in [0.1, 0.15) is 34.7 Å². The molecule has 0 aromatic carbocycles. The van der Waals surface area contributed by atoms with E-state index >= 15 is 0 Å². The normalized spacial score (nSPS) is 12.0. The number of nitrogens with zero attached hydrogens (tertiary/aromatic N) is 5. The summed E-state index contributed by atoms with van der Waals surface area (Å²) in [4.78, 5) is 25.2. The Morgan fingerprint density at radius 3 is 2.58 bits per heavy atom. The minimum Gasteiger partial charge on any atom is -0.344 e. The highest BCUT2D eigenvalue weighted by molar-refractivity contribution is 5.92. The van der Waals surface area contributed by atoms with Crippen molar-refractivity contribution in [1.82, 2.24) is 30.0 Å². The summed E-state index contributed by atoms with van der Waals surface area (Å²) in [7, 11) is 1.73. The number of hydrogen-bond acceptors (Lipinski definition) is 5. The zero-order chi connectivity index (χ0) is 17.1. The molecular formula is C17H18N6O. The molecule has 0 saturated carbocycles. The van der Waals surface area contributed by atoms with E-state index < -0.39 is 0 Å². The van der Waals surface area contributed by atoms with Crippen LogP contribution in [-0.4, -0.2) is 30.6 Å². The number of rotatable bonds is 4. The highest BCUT2D eigenvalue weighted by Gasteiger charge is 2.17. The Kier molecular flexibility index (Phi) is 4.33. The zero-order valence-corrected chi connectivity index (χ0v) is 13.8. The number of amides is 1. The molecule has 0 fully saturated rings. The molecule has 3 aromatic rings. The zero-order valence-electron chi connectivity index (χ0n) is 13.8. The van der Waals surface area contributed by atoms with Crippen molar-refractivity contribution in [3.63, 3.8) is 0 Å². The summed E-state index contributed by atoms with van der Waals surface area (Å²) in [5.74, 6) is 0.462. The van der Waals surface area contributed by atoms with Gasteiger partial charge in [0.2, 0.25) is 0 Å². The lowest BCUT2D eigenvalue weighted by molar-refractivity contribution is 0.0930. The molecule has 3 heterocycles. The first-order valence-corrected chi connectivity index (χ1v) is 7.59. The van der Waals surface area contributed by atoms with Crippen molar-refractivity contribution < 1.29 is 4.79 Å². The first-order chi connectivity index (χ1) is 11.6. The monoisotopic (exact) mass is 322 g/mol. The largest absolute Gasteiger partial charge is 0.344 e. The van der Waals surface area contributed by atoms with E-state index in [1.165, 1.54) is 4.68 Å². The standard InChI is InChI=1S/C17H18N6O/c1-11-14(10-19-16(21-11)13-4-7-18-8-5-13)12(2)22-17(24)15-6-9-20-23(15)3/h4-10,12H,1-3H3,(H,22,24)/t12-/m1/s1. The lowest BCUT2D eigenvalue weighted by Crippen LogP contribution is -2.29. The van der Waals surface area contributed by atoms with Gasteiger partial charge < -0.3 is 5.32 Å². The molecule has 24 heavy (non-hydrogen) atoms. The van der Waals surface area contributed by atoms with Crippen LogP contribution in [0, 0.1) is 6.92 Å². The van der Waals surface area contributed by atoms with Crippen LogP contribution in [0.3, 0.4) is 0 Å². The number of carbonyl (C=O) groups excluding carboxylic acids is 1. The molecule has 1 N–H and O–H groups in total. The highest BCUT2D eigenvalue weighted by atomic mass is 16.2. The van der Waals surface area contributed by atoms with Crippen LogP contribution in [0.5, 0.6) is 0 Å². The summed E-state index contributed by atoms with van der Waals surface area (Å²) >= 11 is 0. The van der Waals surface area contributed by atoms with Crippen LogP contribution in [-0.2, 0) is 7.05 Å². The number of aromatic nitrogens is 5. The molecule has 0 aliphatic carbocycles. The van der Waals surface area contributed by atoms with Crippen molar-refractivity contribution in [3.05, 3.63) is 59.9 Å². The second-order valence-electron chi connectivity index (χ2n) is 5.51. The molecule has 0 aliphatic rings. The van der Waals surface area contributed by atoms with Gasteiger partial charge in [-0.1, -0.05) is 0 Å². The molecule has 0 aliphatic heterocycles. The third-order valence-corrected chi connectivity index (χ3v) is 3.82. The van der Waals surface area contributed by atoms with E-state index in [9.17, 15) is 4.79 Å². The molecule has 7 heteroatoms. The van der Waals surface area contributed by atoms with Crippen molar-refractivity contribution in [3.8, 4) is 11.4 Å². The van der Waals surface area contributed by atoms with Crippen molar-refractivity contribution in [2.24, 2.45) is 7.05 Å². The third kappa shape index (κ3) is 3.15. The molecular weight excluding hydrogens is 304 g/mol. The lowest BCUT2D eigenvalue weighted by atomic mass is 10.1. The van der Waals surface area contributed by atoms with Gasteiger partial charge >= 0.3 is 0 Å². The molecule has 1 amide bonds. The van der Waals surface area contributed by atoms with Crippen molar-refractivity contribution in [2.45, 2.75) is 19.9 Å². The fourth-order valence-corrected chi connectivity index (χ4v) is 2.49. The van der Waals surface area contributed by atoms with Gasteiger partial charge in [0.15, 0.2) is 5.82 Å². The van der Waals surface area contributed by atoms with Crippen LogP contribution in [0.15, 0.2) is 43.0 Å². The van der Waals surface area contributed by atoms with E-state index in [0.717, 1.165) is 16.8 Å². The van der Waals surface area contributed by atoms with Gasteiger partial charge in [0.05, 0.1) is 6.04 Å². The van der Waals surface area contributed by atoms with E-state index in [1.54, 1.807) is 37.9 Å². The summed E-state index contributed by atoms with van der Waals surface area (Å²) in [5, 5.41) is 6.96. The van der Waals surface area contributed by atoms with Crippen LogP contribution in [0.2, 0.25) is 0 Å². The van der Waals surface area contributed by atoms with E-state index in [0.29, 0.717) is 11.5 Å². The van der Waals surface area contributed by atoms with Gasteiger partial charge in [-0.3, -0.25) is 14.5 Å². The fraction of sp³-hybridized carbons (Fsp3) is 0.235. The van der Waals surface area contributed by atoms with Crippen molar-refractivity contribution >= 4 is 5.91 Å². The maximum atomic E-state index is 12.3. The molecule has 3 aromatic heterocycles. The van der Waals surface area contributed by atoms with Crippen molar-refractivity contribution in [2.75, 3.05) is 0 Å². The minimum atomic E-state index is -0.209. The molecule has 0 radical (unpaired) electrons. The lowest BCUT2D eigenvalue weighted by Gasteiger charge is -2.16. The van der Waals surface area contributed by atoms with E-state index in [1.807, 2.05) is 26.0 Å². The van der Waals surface area contributed by atoms with Gasteiger partial charge in [0, 0.05) is 48.7 Å². The van der Waals surface area contributed by atoms with Gasteiger partial charge in [0.1, 0.15) is 5.69 Å². The third-order valence-electron chi connectivity index (χ3n) is 3.82. The maximum Gasteiger partial charge on any atom is 0.270 e. The Hall–Kier alpha value is -3.09. The SMILES string of the molecule is Cc1nc(-c2ccncc2)ncc1[C@@H](C)NC(=O)c1ccnn1C. The Morgan fingerprint density at radius 1 is 1.21 bits per heavy atom. The first-order valence-electron chi connectivity index (χ1n) is 7.59. The first kappa shape index (κ1) is 15.8. The predicted molar refractivity (Wildman–Crippen MR) is 89.1 cm³/mol. The van der Waals surface area contributed by atoms with Gasteiger partial charge in [-0.05, 0) is 32.0 Å². The number of pyridine rings is 1. The number of nitrogens with one attached hydrogen (secondary N) is 1. The summed E-state index contributed by atoms with van der Waals surface area (Å²) in [6, 6.07) is 5.20. The molecule has 3 rings (SSSR count). The van der Waals surface area contributed by atoms with Gasteiger partial charge in [-0.15, -0.1) is 0 Å². The summed E-state index contributed by atoms with van der Waals surface area (Å²) in [6.07, 6.45) is 6.76. The minimum absolute atomic E-state index is 0.180. The summed E-state index contributed by atoms with van der Waals surface area (Å²) < 4.78 is 1.54. The van der Waals surface area contributed by atoms with Crippen LogP contribution in [0.25, 0.3) is 11.4 Å². The van der Waals surface area contributed by atoms with Gasteiger partial charge in [-0.2, -0.15) is 5.10 Å². The molecule has 0 saturated heterocycles. The molecule has 0 unspecified atom stereocenters. The molecule has 0 spiro atoms. The average Bonchev–Trinajstić information content (AvgIpc) is 3.01. The maximum absolute atomic E-state index is 12.3. The molecule has 122 valence electrons. The van der Waals surface area contributed by atoms with Gasteiger partial charge in [0.25, 0.3) is 5.91 Å². The fourth-order valence-electron chi connectivity index (χ4n) is 2.49. The Bertz CT molecular complexity index is 859. The van der Waals surface area contributed by atoms with Crippen LogP contribution in [0.4, 0.5) is 0 Å². The Morgan fingerprint density at radius 2 is 1.96 bits per heavy atom. The van der Waals surface area contributed by atoms with Crippen LogP contribution >= 0.6 is 0 Å². The number of aryl methyl sites for hydroxylation is 2. The quantitative estimate of drug-likeness (QED) is 0.795. The van der Waals surface area contributed by atoms with E-state index in [4.69, 9.17) is 0 Å². The number of hydrogen-bond donors (Lipinski definition) is 1.